The van der Waals surface area contributed by atoms with Crippen molar-refractivity contribution in [3.05, 3.63) is 35.4 Å². The standard InChI is InChI=1S/C19H30N4O2.HI/c1-19(2,25-4)14-22-18(20-3)21-12-15-8-5-6-9-16(15)13-23-11-7-10-17(23)24;/h5-6,8-9H,7,10-14H2,1-4H3,(H2,20,21,22);1H. The largest absolute Gasteiger partial charge is 0.377 e. The van der Waals surface area contributed by atoms with Crippen molar-refractivity contribution in [3.8, 4) is 0 Å². The lowest BCUT2D eigenvalue weighted by Crippen LogP contribution is -2.45. The second-order valence-electron chi connectivity index (χ2n) is 6.93. The molecule has 0 bridgehead atoms. The van der Waals surface area contributed by atoms with Crippen LogP contribution in [0.5, 0.6) is 0 Å². The molecule has 26 heavy (non-hydrogen) atoms. The molecule has 146 valence electrons. The molecule has 0 unspecified atom stereocenters. The van der Waals surface area contributed by atoms with Gasteiger partial charge in [-0.3, -0.25) is 9.79 Å². The Kier molecular flexibility index (Phi) is 9.35. The Bertz CT molecular complexity index is 619. The van der Waals surface area contributed by atoms with Crippen LogP contribution in [0.1, 0.15) is 37.8 Å². The fourth-order valence-electron chi connectivity index (χ4n) is 2.73. The molecule has 1 aromatic carbocycles. The number of benzene rings is 1. The lowest BCUT2D eigenvalue weighted by Gasteiger charge is -2.24. The van der Waals surface area contributed by atoms with E-state index >= 15 is 0 Å². The average Bonchev–Trinajstić information content (AvgIpc) is 3.01. The van der Waals surface area contributed by atoms with Gasteiger partial charge in [-0.05, 0) is 31.4 Å². The van der Waals surface area contributed by atoms with Crippen molar-refractivity contribution in [2.75, 3.05) is 27.2 Å². The minimum Gasteiger partial charge on any atom is -0.377 e. The van der Waals surface area contributed by atoms with E-state index in [0.717, 1.165) is 18.9 Å². The second kappa shape index (κ2) is 10.7. The maximum absolute atomic E-state index is 11.9. The zero-order valence-electron chi connectivity index (χ0n) is 16.2. The number of nitrogens with one attached hydrogen (secondary N) is 2. The Morgan fingerprint density at radius 3 is 2.54 bits per heavy atom. The molecule has 0 saturated carbocycles. The molecule has 0 spiro atoms. The summed E-state index contributed by atoms with van der Waals surface area (Å²) in [5.74, 6) is 0.985. The van der Waals surface area contributed by atoms with Crippen LogP contribution >= 0.6 is 24.0 Å². The highest BCUT2D eigenvalue weighted by Gasteiger charge is 2.21. The molecule has 2 rings (SSSR count). The van der Waals surface area contributed by atoms with Gasteiger partial charge in [0.2, 0.25) is 5.91 Å². The molecule has 2 N–H and O–H groups in total. The van der Waals surface area contributed by atoms with E-state index in [9.17, 15) is 4.79 Å². The first kappa shape index (κ1) is 22.7. The molecule has 0 atom stereocenters. The summed E-state index contributed by atoms with van der Waals surface area (Å²) in [4.78, 5) is 18.1. The van der Waals surface area contributed by atoms with Gasteiger partial charge in [-0.15, -0.1) is 24.0 Å². The molecule has 1 aromatic rings. The number of hydrogen-bond donors (Lipinski definition) is 2. The van der Waals surface area contributed by atoms with Gasteiger partial charge in [0, 0.05) is 46.8 Å². The molecule has 0 aliphatic carbocycles. The summed E-state index contributed by atoms with van der Waals surface area (Å²) >= 11 is 0. The zero-order chi connectivity index (χ0) is 18.3. The van der Waals surface area contributed by atoms with Crippen molar-refractivity contribution in [2.24, 2.45) is 4.99 Å². The number of carbonyl (C=O) groups is 1. The maximum atomic E-state index is 11.9. The lowest BCUT2D eigenvalue weighted by atomic mass is 10.1. The van der Waals surface area contributed by atoms with Gasteiger partial charge in [-0.1, -0.05) is 24.3 Å². The topological polar surface area (TPSA) is 66.0 Å². The predicted octanol–water partition coefficient (Wildman–Crippen LogP) is 2.52. The molecule has 7 heteroatoms. The van der Waals surface area contributed by atoms with Crippen molar-refractivity contribution in [1.29, 1.82) is 0 Å². The summed E-state index contributed by atoms with van der Waals surface area (Å²) in [5, 5.41) is 6.62. The summed E-state index contributed by atoms with van der Waals surface area (Å²) < 4.78 is 5.42. The molecule has 1 heterocycles. The smallest absolute Gasteiger partial charge is 0.222 e. The molecule has 1 fully saturated rings. The molecule has 1 aliphatic heterocycles. The highest BCUT2D eigenvalue weighted by atomic mass is 127. The Morgan fingerprint density at radius 1 is 1.27 bits per heavy atom. The van der Waals surface area contributed by atoms with E-state index in [-0.39, 0.29) is 35.5 Å². The van der Waals surface area contributed by atoms with Crippen molar-refractivity contribution in [1.82, 2.24) is 15.5 Å². The van der Waals surface area contributed by atoms with Crippen LogP contribution in [0.15, 0.2) is 29.3 Å². The number of nitrogens with zero attached hydrogens (tertiary/aromatic N) is 2. The van der Waals surface area contributed by atoms with Crippen molar-refractivity contribution in [3.63, 3.8) is 0 Å². The number of guanidine groups is 1. The van der Waals surface area contributed by atoms with E-state index in [4.69, 9.17) is 4.74 Å². The highest BCUT2D eigenvalue weighted by molar-refractivity contribution is 14.0. The number of hydrogen-bond acceptors (Lipinski definition) is 3. The fraction of sp³-hybridized carbons (Fsp3) is 0.579. The number of aliphatic imine (C=N–C) groups is 1. The van der Waals surface area contributed by atoms with E-state index < -0.39 is 0 Å². The molecule has 1 aliphatic rings. The van der Waals surface area contributed by atoms with Crippen molar-refractivity contribution < 1.29 is 9.53 Å². The Morgan fingerprint density at radius 2 is 1.96 bits per heavy atom. The Labute approximate surface area is 173 Å². The van der Waals surface area contributed by atoms with E-state index in [0.29, 0.717) is 26.1 Å². The number of likely N-dealkylation sites (tertiary alicyclic amines) is 1. The summed E-state index contributed by atoms with van der Waals surface area (Å²) in [6.07, 6.45) is 1.64. The van der Waals surface area contributed by atoms with Crippen molar-refractivity contribution in [2.45, 2.75) is 45.4 Å². The second-order valence-corrected chi connectivity index (χ2v) is 6.93. The van der Waals surface area contributed by atoms with Gasteiger partial charge in [0.05, 0.1) is 5.60 Å². The Balaban J connectivity index is 0.00000338. The quantitative estimate of drug-likeness (QED) is 0.362. The fourth-order valence-corrected chi connectivity index (χ4v) is 2.73. The third kappa shape index (κ3) is 6.75. The maximum Gasteiger partial charge on any atom is 0.222 e. The van der Waals surface area contributed by atoms with Crippen LogP contribution in [-0.2, 0) is 22.6 Å². The van der Waals surface area contributed by atoms with Gasteiger partial charge in [-0.25, -0.2) is 0 Å². The monoisotopic (exact) mass is 474 g/mol. The first-order valence-electron chi connectivity index (χ1n) is 8.79. The molecule has 0 radical (unpaired) electrons. The first-order valence-corrected chi connectivity index (χ1v) is 8.79. The number of rotatable bonds is 7. The summed E-state index contributed by atoms with van der Waals surface area (Å²) in [6.45, 7) is 6.90. The predicted molar refractivity (Wildman–Crippen MR) is 116 cm³/mol. The molecule has 1 saturated heterocycles. The van der Waals surface area contributed by atoms with E-state index in [1.807, 2.05) is 30.9 Å². The minimum absolute atomic E-state index is 0. The van der Waals surface area contributed by atoms with Gasteiger partial charge in [0.15, 0.2) is 5.96 Å². The van der Waals surface area contributed by atoms with E-state index in [2.05, 4.69) is 27.8 Å². The van der Waals surface area contributed by atoms with Crippen LogP contribution < -0.4 is 10.6 Å². The van der Waals surface area contributed by atoms with Crippen molar-refractivity contribution >= 4 is 35.8 Å². The first-order chi connectivity index (χ1) is 11.9. The van der Waals surface area contributed by atoms with Gasteiger partial charge in [0.25, 0.3) is 0 Å². The highest BCUT2D eigenvalue weighted by Crippen LogP contribution is 2.17. The summed E-state index contributed by atoms with van der Waals surface area (Å²) in [5.41, 5.74) is 2.10. The van der Waals surface area contributed by atoms with Crippen LogP contribution in [0, 0.1) is 0 Å². The van der Waals surface area contributed by atoms with Crippen LogP contribution in [0.25, 0.3) is 0 Å². The number of halogens is 1. The zero-order valence-corrected chi connectivity index (χ0v) is 18.5. The molecule has 0 aromatic heterocycles. The van der Waals surface area contributed by atoms with E-state index in [1.54, 1.807) is 14.2 Å². The third-order valence-electron chi connectivity index (χ3n) is 4.56. The van der Waals surface area contributed by atoms with Crippen LogP contribution in [0.4, 0.5) is 0 Å². The summed E-state index contributed by atoms with van der Waals surface area (Å²) in [6, 6.07) is 8.23. The summed E-state index contributed by atoms with van der Waals surface area (Å²) in [7, 11) is 3.46. The van der Waals surface area contributed by atoms with Gasteiger partial charge >= 0.3 is 0 Å². The third-order valence-corrected chi connectivity index (χ3v) is 4.56. The number of amides is 1. The lowest BCUT2D eigenvalue weighted by molar-refractivity contribution is -0.128. The SMILES string of the molecule is CN=C(NCc1ccccc1CN1CCCC1=O)NCC(C)(C)OC.I. The molecular weight excluding hydrogens is 443 g/mol. The normalized spacial score (nSPS) is 15.0. The molecular formula is C19H31IN4O2. The van der Waals surface area contributed by atoms with Gasteiger partial charge in [-0.2, -0.15) is 0 Å². The number of methoxy groups -OCH3 is 1. The minimum atomic E-state index is -0.258. The van der Waals surface area contributed by atoms with Gasteiger partial charge < -0.3 is 20.3 Å². The van der Waals surface area contributed by atoms with Crippen LogP contribution in [0.2, 0.25) is 0 Å². The average molecular weight is 474 g/mol. The van der Waals surface area contributed by atoms with Crippen LogP contribution in [0.3, 0.4) is 0 Å². The number of ether oxygens (including phenoxy) is 1. The van der Waals surface area contributed by atoms with E-state index in [1.165, 1.54) is 11.1 Å². The molecule has 6 nitrogen and oxygen atoms in total. The molecule has 1 amide bonds. The Hall–Kier alpha value is -1.35. The number of carbonyl (C=O) groups excluding carboxylic acids is 1. The van der Waals surface area contributed by atoms with Gasteiger partial charge in [0.1, 0.15) is 0 Å². The van der Waals surface area contributed by atoms with Crippen LogP contribution in [-0.4, -0.2) is 49.6 Å².